The lowest BCUT2D eigenvalue weighted by atomic mass is 10.1. The Labute approximate surface area is 137 Å². The van der Waals surface area contributed by atoms with Crippen LogP contribution >= 0.6 is 0 Å². The van der Waals surface area contributed by atoms with Gasteiger partial charge in [0.1, 0.15) is 5.60 Å². The first-order valence-corrected chi connectivity index (χ1v) is 7.96. The second-order valence-corrected chi connectivity index (χ2v) is 7.06. The SMILES string of the molecule is CO[C@H]1CN(C(=O)OC(C)(C)C)CC1NCc1c(C)n[nH]c1C. The zero-order valence-corrected chi connectivity index (χ0v) is 14.9. The molecule has 1 aromatic heterocycles. The van der Waals surface area contributed by atoms with E-state index in [4.69, 9.17) is 9.47 Å². The van der Waals surface area contributed by atoms with Crippen molar-refractivity contribution in [1.29, 1.82) is 0 Å². The normalized spacial score (nSPS) is 21.7. The summed E-state index contributed by atoms with van der Waals surface area (Å²) in [5.74, 6) is 0. The van der Waals surface area contributed by atoms with Gasteiger partial charge in [0.2, 0.25) is 0 Å². The van der Waals surface area contributed by atoms with E-state index < -0.39 is 5.60 Å². The molecular weight excluding hydrogens is 296 g/mol. The van der Waals surface area contributed by atoms with Gasteiger partial charge < -0.3 is 19.7 Å². The third kappa shape index (κ3) is 4.45. The Kier molecular flexibility index (Phi) is 5.31. The maximum Gasteiger partial charge on any atom is 0.410 e. The Morgan fingerprint density at radius 2 is 2.09 bits per heavy atom. The summed E-state index contributed by atoms with van der Waals surface area (Å²) in [7, 11) is 1.67. The highest BCUT2D eigenvalue weighted by molar-refractivity contribution is 5.68. The second kappa shape index (κ2) is 6.88. The number of carbonyl (C=O) groups is 1. The number of methoxy groups -OCH3 is 1. The molecule has 7 nitrogen and oxygen atoms in total. The average molecular weight is 324 g/mol. The van der Waals surface area contributed by atoms with Crippen molar-refractivity contribution in [3.8, 4) is 0 Å². The van der Waals surface area contributed by atoms with Crippen molar-refractivity contribution in [1.82, 2.24) is 20.4 Å². The molecule has 0 spiro atoms. The summed E-state index contributed by atoms with van der Waals surface area (Å²) in [5.41, 5.74) is 2.73. The van der Waals surface area contributed by atoms with Crippen molar-refractivity contribution in [3.05, 3.63) is 17.0 Å². The summed E-state index contributed by atoms with van der Waals surface area (Å²) in [6, 6.07) is 0.0706. The monoisotopic (exact) mass is 324 g/mol. The molecule has 0 aromatic carbocycles. The van der Waals surface area contributed by atoms with Gasteiger partial charge in [-0.3, -0.25) is 5.10 Å². The largest absolute Gasteiger partial charge is 0.444 e. The Hall–Kier alpha value is -1.60. The first kappa shape index (κ1) is 17.7. The number of H-pyrrole nitrogens is 1. The molecule has 130 valence electrons. The third-order valence-corrected chi connectivity index (χ3v) is 4.04. The van der Waals surface area contributed by atoms with E-state index in [2.05, 4.69) is 15.5 Å². The molecule has 1 amide bonds. The quantitative estimate of drug-likeness (QED) is 0.882. The van der Waals surface area contributed by atoms with Crippen LogP contribution < -0.4 is 5.32 Å². The van der Waals surface area contributed by atoms with E-state index >= 15 is 0 Å². The zero-order valence-electron chi connectivity index (χ0n) is 14.9. The number of hydrogen-bond acceptors (Lipinski definition) is 5. The number of rotatable bonds is 4. The number of amides is 1. The van der Waals surface area contributed by atoms with Gasteiger partial charge in [0, 0.05) is 31.5 Å². The lowest BCUT2D eigenvalue weighted by Crippen LogP contribution is -2.40. The molecule has 2 atom stereocenters. The van der Waals surface area contributed by atoms with E-state index in [-0.39, 0.29) is 18.2 Å². The summed E-state index contributed by atoms with van der Waals surface area (Å²) in [5, 5.41) is 10.7. The smallest absolute Gasteiger partial charge is 0.410 e. The van der Waals surface area contributed by atoms with E-state index in [0.717, 1.165) is 17.0 Å². The second-order valence-electron chi connectivity index (χ2n) is 7.06. The molecule has 0 radical (unpaired) electrons. The van der Waals surface area contributed by atoms with Gasteiger partial charge in [0.25, 0.3) is 0 Å². The van der Waals surface area contributed by atoms with E-state index in [9.17, 15) is 4.79 Å². The predicted octanol–water partition coefficient (Wildman–Crippen LogP) is 1.75. The van der Waals surface area contributed by atoms with Crippen molar-refractivity contribution >= 4 is 6.09 Å². The van der Waals surface area contributed by atoms with Crippen LogP contribution in [0.4, 0.5) is 4.79 Å². The van der Waals surface area contributed by atoms with Crippen LogP contribution in [0.1, 0.15) is 37.7 Å². The predicted molar refractivity (Wildman–Crippen MR) is 87.3 cm³/mol. The molecule has 2 N–H and O–H groups in total. The van der Waals surface area contributed by atoms with E-state index in [1.807, 2.05) is 34.6 Å². The minimum Gasteiger partial charge on any atom is -0.444 e. The molecule has 7 heteroatoms. The maximum absolute atomic E-state index is 12.2. The Morgan fingerprint density at radius 1 is 1.39 bits per heavy atom. The van der Waals surface area contributed by atoms with Crippen molar-refractivity contribution < 1.29 is 14.3 Å². The number of aromatic amines is 1. The summed E-state index contributed by atoms with van der Waals surface area (Å²) >= 11 is 0. The number of aryl methyl sites for hydroxylation is 2. The number of carbonyl (C=O) groups excluding carboxylic acids is 1. The first-order valence-electron chi connectivity index (χ1n) is 7.96. The minimum atomic E-state index is -0.490. The van der Waals surface area contributed by atoms with Gasteiger partial charge in [0.15, 0.2) is 0 Å². The summed E-state index contributed by atoms with van der Waals surface area (Å²) < 4.78 is 11.0. The molecule has 1 saturated heterocycles. The van der Waals surface area contributed by atoms with Crippen LogP contribution in [-0.2, 0) is 16.0 Å². The van der Waals surface area contributed by atoms with Gasteiger partial charge in [-0.25, -0.2) is 4.79 Å². The molecular formula is C16H28N4O3. The van der Waals surface area contributed by atoms with Gasteiger partial charge in [-0.05, 0) is 34.6 Å². The molecule has 1 aliphatic rings. The van der Waals surface area contributed by atoms with Crippen molar-refractivity contribution in [3.63, 3.8) is 0 Å². The molecule has 1 aromatic rings. The van der Waals surface area contributed by atoms with Gasteiger partial charge in [0.05, 0.1) is 24.4 Å². The molecule has 0 bridgehead atoms. The molecule has 23 heavy (non-hydrogen) atoms. The minimum absolute atomic E-state index is 0.0463. The Morgan fingerprint density at radius 3 is 2.61 bits per heavy atom. The van der Waals surface area contributed by atoms with Gasteiger partial charge in [-0.15, -0.1) is 0 Å². The first-order chi connectivity index (χ1) is 10.7. The maximum atomic E-state index is 12.2. The number of ether oxygens (including phenoxy) is 2. The fourth-order valence-corrected chi connectivity index (χ4v) is 2.75. The van der Waals surface area contributed by atoms with Crippen LogP contribution in [0.5, 0.6) is 0 Å². The molecule has 0 aliphatic carbocycles. The van der Waals surface area contributed by atoms with Crippen LogP contribution in [0.25, 0.3) is 0 Å². The lowest BCUT2D eigenvalue weighted by molar-refractivity contribution is 0.0252. The number of likely N-dealkylation sites (tertiary alicyclic amines) is 1. The van der Waals surface area contributed by atoms with Crippen LogP contribution in [0.3, 0.4) is 0 Å². The fraction of sp³-hybridized carbons (Fsp3) is 0.750. The van der Waals surface area contributed by atoms with Crippen LogP contribution in [-0.4, -0.2) is 59.1 Å². The average Bonchev–Trinajstić information content (AvgIpc) is 2.99. The lowest BCUT2D eigenvalue weighted by Gasteiger charge is -2.24. The number of nitrogens with one attached hydrogen (secondary N) is 2. The molecule has 0 saturated carbocycles. The van der Waals surface area contributed by atoms with Gasteiger partial charge in [-0.2, -0.15) is 5.10 Å². The van der Waals surface area contributed by atoms with E-state index in [1.165, 1.54) is 0 Å². The van der Waals surface area contributed by atoms with Crippen LogP contribution in [0, 0.1) is 13.8 Å². The van der Waals surface area contributed by atoms with E-state index in [0.29, 0.717) is 19.6 Å². The fourth-order valence-electron chi connectivity index (χ4n) is 2.75. The zero-order chi connectivity index (χ0) is 17.2. The van der Waals surface area contributed by atoms with Crippen molar-refractivity contribution in [2.75, 3.05) is 20.2 Å². The summed E-state index contributed by atoms with van der Waals surface area (Å²) in [6.45, 7) is 11.4. The Bertz CT molecular complexity index is 531. The summed E-state index contributed by atoms with van der Waals surface area (Å²) in [4.78, 5) is 13.9. The standard InChI is InChI=1S/C16H28N4O3/c1-10-12(11(2)19-18-10)7-17-13-8-20(9-14(13)22-6)15(21)23-16(3,4)5/h13-14,17H,7-9H2,1-6H3,(H,18,19)/t13?,14-/m0/s1. The topological polar surface area (TPSA) is 79.5 Å². The molecule has 2 rings (SSSR count). The molecule has 1 aliphatic heterocycles. The highest BCUT2D eigenvalue weighted by atomic mass is 16.6. The molecule has 2 heterocycles. The Balaban J connectivity index is 1.95. The summed E-state index contributed by atoms with van der Waals surface area (Å²) in [6.07, 6.45) is -0.338. The highest BCUT2D eigenvalue weighted by Crippen LogP contribution is 2.18. The van der Waals surface area contributed by atoms with Crippen LogP contribution in [0.2, 0.25) is 0 Å². The van der Waals surface area contributed by atoms with Crippen LogP contribution in [0.15, 0.2) is 0 Å². The number of nitrogens with zero attached hydrogens (tertiary/aromatic N) is 2. The third-order valence-electron chi connectivity index (χ3n) is 4.04. The van der Waals surface area contributed by atoms with Gasteiger partial charge >= 0.3 is 6.09 Å². The molecule has 1 fully saturated rings. The molecule has 1 unspecified atom stereocenters. The van der Waals surface area contributed by atoms with Crippen molar-refractivity contribution in [2.24, 2.45) is 0 Å². The number of hydrogen-bond donors (Lipinski definition) is 2. The highest BCUT2D eigenvalue weighted by Gasteiger charge is 2.37. The van der Waals surface area contributed by atoms with Crippen molar-refractivity contribution in [2.45, 2.75) is 58.9 Å². The number of aromatic nitrogens is 2. The van der Waals surface area contributed by atoms with Gasteiger partial charge in [-0.1, -0.05) is 0 Å². The van der Waals surface area contributed by atoms with E-state index in [1.54, 1.807) is 12.0 Å².